The van der Waals surface area contributed by atoms with E-state index in [2.05, 4.69) is 23.5 Å². The van der Waals surface area contributed by atoms with Crippen LogP contribution in [-0.4, -0.2) is 15.8 Å². The van der Waals surface area contributed by atoms with E-state index in [-0.39, 0.29) is 6.04 Å². The van der Waals surface area contributed by atoms with Crippen molar-refractivity contribution >= 4 is 11.6 Å². The molecule has 0 spiro atoms. The third-order valence-electron chi connectivity index (χ3n) is 3.50. The molecule has 0 bridgehead atoms. The summed E-state index contributed by atoms with van der Waals surface area (Å²) >= 11 is 6.20. The lowest BCUT2D eigenvalue weighted by Crippen LogP contribution is -2.39. The van der Waals surface area contributed by atoms with Crippen LogP contribution in [0.25, 0.3) is 0 Å². The maximum absolute atomic E-state index is 6.20. The van der Waals surface area contributed by atoms with E-state index in [0.29, 0.717) is 0 Å². The Bertz CT molecular complexity index is 565. The highest BCUT2D eigenvalue weighted by Gasteiger charge is 2.14. The summed E-state index contributed by atoms with van der Waals surface area (Å²) in [6.45, 7) is 2.11. The van der Waals surface area contributed by atoms with Crippen molar-refractivity contribution in [2.24, 2.45) is 12.9 Å². The third-order valence-corrected chi connectivity index (χ3v) is 3.87. The summed E-state index contributed by atoms with van der Waals surface area (Å²) in [6.07, 6.45) is 2.56. The molecule has 0 amide bonds. The van der Waals surface area contributed by atoms with Crippen molar-refractivity contribution in [1.29, 1.82) is 0 Å². The first-order chi connectivity index (χ1) is 9.63. The minimum absolute atomic E-state index is 0.134. The lowest BCUT2D eigenvalue weighted by atomic mass is 10.0. The van der Waals surface area contributed by atoms with Gasteiger partial charge in [0.25, 0.3) is 0 Å². The highest BCUT2D eigenvalue weighted by atomic mass is 35.5. The standard InChI is InChI=1S/C15H21ClN4/c1-3-12-9-14(20(2)19-12)10-13(18-17)8-11-6-4-5-7-15(11)16/h4-7,9,13,18H,3,8,10,17H2,1-2H3. The largest absolute Gasteiger partial charge is 0.272 e. The summed E-state index contributed by atoms with van der Waals surface area (Å²) in [7, 11) is 1.97. The fraction of sp³-hybridized carbons (Fsp3) is 0.400. The van der Waals surface area contributed by atoms with Crippen LogP contribution in [0.1, 0.15) is 23.9 Å². The van der Waals surface area contributed by atoms with Crippen molar-refractivity contribution in [2.75, 3.05) is 0 Å². The van der Waals surface area contributed by atoms with Gasteiger partial charge in [-0.05, 0) is 30.5 Å². The fourth-order valence-corrected chi connectivity index (χ4v) is 2.52. The Kier molecular flexibility index (Phi) is 5.17. The summed E-state index contributed by atoms with van der Waals surface area (Å²) in [5, 5.41) is 5.25. The molecule has 0 aliphatic heterocycles. The van der Waals surface area contributed by atoms with Gasteiger partial charge >= 0.3 is 0 Å². The van der Waals surface area contributed by atoms with Gasteiger partial charge in [0.15, 0.2) is 0 Å². The van der Waals surface area contributed by atoms with Crippen LogP contribution < -0.4 is 11.3 Å². The van der Waals surface area contributed by atoms with Crippen molar-refractivity contribution in [1.82, 2.24) is 15.2 Å². The summed E-state index contributed by atoms with van der Waals surface area (Å²) in [4.78, 5) is 0. The second kappa shape index (κ2) is 6.88. The maximum Gasteiger partial charge on any atom is 0.0624 e. The van der Waals surface area contributed by atoms with Gasteiger partial charge in [-0.1, -0.05) is 36.7 Å². The molecule has 0 aliphatic rings. The van der Waals surface area contributed by atoms with Crippen LogP contribution in [0.2, 0.25) is 5.02 Å². The SMILES string of the molecule is CCc1cc(CC(Cc2ccccc2Cl)NN)n(C)n1. The Morgan fingerprint density at radius 2 is 2.10 bits per heavy atom. The van der Waals surface area contributed by atoms with Crippen molar-refractivity contribution in [3.8, 4) is 0 Å². The molecule has 0 saturated carbocycles. The number of aryl methyl sites for hydroxylation is 2. The van der Waals surface area contributed by atoms with E-state index in [9.17, 15) is 0 Å². The highest BCUT2D eigenvalue weighted by molar-refractivity contribution is 6.31. The molecule has 0 fully saturated rings. The molecular weight excluding hydrogens is 272 g/mol. The van der Waals surface area contributed by atoms with E-state index < -0.39 is 0 Å². The average Bonchev–Trinajstić information content (AvgIpc) is 2.81. The molecule has 0 aliphatic carbocycles. The zero-order chi connectivity index (χ0) is 14.5. The molecule has 4 nitrogen and oxygen atoms in total. The van der Waals surface area contributed by atoms with E-state index in [1.54, 1.807) is 0 Å². The molecule has 5 heteroatoms. The van der Waals surface area contributed by atoms with Crippen molar-refractivity contribution in [3.63, 3.8) is 0 Å². The molecule has 0 saturated heterocycles. The van der Waals surface area contributed by atoms with Crippen LogP contribution in [-0.2, 0) is 26.3 Å². The number of hydrogen-bond donors (Lipinski definition) is 2. The number of hydrogen-bond acceptors (Lipinski definition) is 3. The fourth-order valence-electron chi connectivity index (χ4n) is 2.31. The molecule has 2 aromatic rings. The van der Waals surface area contributed by atoms with E-state index >= 15 is 0 Å². The molecule has 3 N–H and O–H groups in total. The number of halogens is 1. The quantitative estimate of drug-likeness (QED) is 0.634. The Morgan fingerprint density at radius 3 is 2.70 bits per heavy atom. The van der Waals surface area contributed by atoms with Gasteiger partial charge < -0.3 is 0 Å². The Hall–Kier alpha value is -1.36. The molecular formula is C15H21ClN4. The van der Waals surface area contributed by atoms with Gasteiger partial charge in [0.2, 0.25) is 0 Å². The number of nitrogens with zero attached hydrogens (tertiary/aromatic N) is 2. The molecule has 1 heterocycles. The lowest BCUT2D eigenvalue weighted by molar-refractivity contribution is 0.505. The van der Waals surface area contributed by atoms with Crippen molar-refractivity contribution in [3.05, 3.63) is 52.3 Å². The first kappa shape index (κ1) is 15.0. The lowest BCUT2D eigenvalue weighted by Gasteiger charge is -2.16. The minimum Gasteiger partial charge on any atom is -0.272 e. The summed E-state index contributed by atoms with van der Waals surface area (Å²) in [5.41, 5.74) is 6.27. The first-order valence-corrected chi connectivity index (χ1v) is 7.23. The van der Waals surface area contributed by atoms with Crippen LogP contribution in [0.4, 0.5) is 0 Å². The van der Waals surface area contributed by atoms with Crippen molar-refractivity contribution < 1.29 is 0 Å². The predicted octanol–water partition coefficient (Wildman–Crippen LogP) is 2.25. The van der Waals surface area contributed by atoms with E-state index in [1.165, 1.54) is 5.69 Å². The van der Waals surface area contributed by atoms with Crippen LogP contribution in [0.5, 0.6) is 0 Å². The Labute approximate surface area is 124 Å². The molecule has 1 unspecified atom stereocenters. The second-order valence-corrected chi connectivity index (χ2v) is 5.37. The Morgan fingerprint density at radius 1 is 1.35 bits per heavy atom. The second-order valence-electron chi connectivity index (χ2n) is 4.97. The molecule has 2 rings (SSSR count). The Balaban J connectivity index is 2.09. The minimum atomic E-state index is 0.134. The zero-order valence-electron chi connectivity index (χ0n) is 11.9. The molecule has 1 aromatic carbocycles. The van der Waals surface area contributed by atoms with Crippen LogP contribution in [0.3, 0.4) is 0 Å². The van der Waals surface area contributed by atoms with Crippen molar-refractivity contribution in [2.45, 2.75) is 32.2 Å². The molecule has 20 heavy (non-hydrogen) atoms. The normalized spacial score (nSPS) is 12.6. The number of benzene rings is 1. The van der Waals surface area contributed by atoms with E-state index in [1.807, 2.05) is 36.0 Å². The van der Waals surface area contributed by atoms with Gasteiger partial charge in [-0.15, -0.1) is 0 Å². The smallest absolute Gasteiger partial charge is 0.0624 e. The van der Waals surface area contributed by atoms with E-state index in [0.717, 1.165) is 35.5 Å². The van der Waals surface area contributed by atoms with E-state index in [4.69, 9.17) is 17.4 Å². The first-order valence-electron chi connectivity index (χ1n) is 6.85. The predicted molar refractivity (Wildman–Crippen MR) is 82.6 cm³/mol. The molecule has 1 atom stereocenters. The van der Waals surface area contributed by atoms with Gasteiger partial charge in [-0.25, -0.2) is 0 Å². The van der Waals surface area contributed by atoms with Gasteiger partial charge in [-0.3, -0.25) is 16.0 Å². The van der Waals surface area contributed by atoms with Crippen LogP contribution in [0.15, 0.2) is 30.3 Å². The molecule has 0 radical (unpaired) electrons. The van der Waals surface area contributed by atoms with Gasteiger partial charge in [0.05, 0.1) is 5.69 Å². The van der Waals surface area contributed by atoms with Crippen LogP contribution >= 0.6 is 11.6 Å². The van der Waals surface area contributed by atoms with Gasteiger partial charge in [0, 0.05) is 30.2 Å². The third kappa shape index (κ3) is 3.60. The molecule has 1 aromatic heterocycles. The van der Waals surface area contributed by atoms with Gasteiger partial charge in [0.1, 0.15) is 0 Å². The topological polar surface area (TPSA) is 55.9 Å². The maximum atomic E-state index is 6.20. The average molecular weight is 293 g/mol. The summed E-state index contributed by atoms with van der Waals surface area (Å²) < 4.78 is 1.93. The number of hydrazine groups is 1. The number of rotatable bonds is 6. The molecule has 108 valence electrons. The summed E-state index contributed by atoms with van der Waals surface area (Å²) in [5.74, 6) is 5.69. The zero-order valence-corrected chi connectivity index (χ0v) is 12.7. The van der Waals surface area contributed by atoms with Crippen LogP contribution in [0, 0.1) is 0 Å². The summed E-state index contributed by atoms with van der Waals surface area (Å²) in [6, 6.07) is 10.1. The monoisotopic (exact) mass is 292 g/mol. The highest BCUT2D eigenvalue weighted by Crippen LogP contribution is 2.18. The number of nitrogens with two attached hydrogens (primary N) is 1. The number of aromatic nitrogens is 2. The number of nitrogens with one attached hydrogen (secondary N) is 1. The van der Waals surface area contributed by atoms with Gasteiger partial charge in [-0.2, -0.15) is 5.10 Å².